The first kappa shape index (κ1) is 23.3. The Morgan fingerprint density at radius 2 is 2.03 bits per heavy atom. The summed E-state index contributed by atoms with van der Waals surface area (Å²) in [7, 11) is 0. The Bertz CT molecular complexity index is 871. The lowest BCUT2D eigenvalue weighted by molar-refractivity contribution is -0.137. The van der Waals surface area contributed by atoms with Gasteiger partial charge in [-0.2, -0.15) is 0 Å². The summed E-state index contributed by atoms with van der Waals surface area (Å²) in [4.78, 5) is 28.8. The Hall–Kier alpha value is -1.37. The molecule has 0 N–H and O–H groups in total. The molecule has 2 saturated heterocycles. The minimum Gasteiger partial charge on any atom is -0.490 e. The van der Waals surface area contributed by atoms with Crippen molar-refractivity contribution in [1.29, 1.82) is 0 Å². The van der Waals surface area contributed by atoms with E-state index in [1.165, 1.54) is 11.8 Å². The average molecular weight is 562 g/mol. The second-order valence-electron chi connectivity index (χ2n) is 6.47. The standard InChI is InChI=1S/C20H23IN2O5S2/c1-3-23-19(25)16(30-20(23)29)11-13-9-14(21)18(15(10-13)27-4-2)28-12-17(24)22-5-7-26-8-6-22/h9-11H,3-8,12H2,1-2H3/b16-11-. The molecule has 2 amide bonds. The van der Waals surface area contributed by atoms with E-state index in [0.717, 1.165) is 9.13 Å². The van der Waals surface area contributed by atoms with Crippen molar-refractivity contribution in [2.45, 2.75) is 13.8 Å². The summed E-state index contributed by atoms with van der Waals surface area (Å²) in [6.07, 6.45) is 1.81. The van der Waals surface area contributed by atoms with Gasteiger partial charge in [0.2, 0.25) is 0 Å². The van der Waals surface area contributed by atoms with E-state index < -0.39 is 0 Å². The van der Waals surface area contributed by atoms with Gasteiger partial charge in [0.15, 0.2) is 18.1 Å². The molecule has 30 heavy (non-hydrogen) atoms. The molecule has 3 rings (SSSR count). The van der Waals surface area contributed by atoms with Crippen molar-refractivity contribution in [3.63, 3.8) is 0 Å². The van der Waals surface area contributed by atoms with Crippen molar-refractivity contribution in [1.82, 2.24) is 9.80 Å². The second kappa shape index (κ2) is 10.8. The molecule has 0 radical (unpaired) electrons. The molecule has 1 aromatic rings. The van der Waals surface area contributed by atoms with E-state index in [-0.39, 0.29) is 18.4 Å². The normalized spacial score (nSPS) is 18.3. The Balaban J connectivity index is 1.78. The number of thioether (sulfide) groups is 1. The first-order chi connectivity index (χ1) is 14.4. The number of hydrogen-bond acceptors (Lipinski definition) is 7. The fourth-order valence-electron chi connectivity index (χ4n) is 3.04. The topological polar surface area (TPSA) is 68.3 Å². The van der Waals surface area contributed by atoms with Crippen LogP contribution in [0.15, 0.2) is 17.0 Å². The highest BCUT2D eigenvalue weighted by atomic mass is 127. The Kier molecular flexibility index (Phi) is 8.37. The second-order valence-corrected chi connectivity index (χ2v) is 9.31. The number of halogens is 1. The lowest BCUT2D eigenvalue weighted by Gasteiger charge is -2.27. The van der Waals surface area contributed by atoms with Crippen LogP contribution in [0.5, 0.6) is 11.5 Å². The maximum absolute atomic E-state index is 12.5. The third-order valence-corrected chi connectivity index (χ3v) is 6.70. The number of rotatable bonds is 7. The number of amides is 2. The van der Waals surface area contributed by atoms with E-state index in [2.05, 4.69) is 22.6 Å². The zero-order valence-electron chi connectivity index (χ0n) is 16.8. The predicted octanol–water partition coefficient (Wildman–Crippen LogP) is 3.15. The number of benzene rings is 1. The van der Waals surface area contributed by atoms with Crippen molar-refractivity contribution in [2.75, 3.05) is 46.1 Å². The van der Waals surface area contributed by atoms with E-state index in [1.807, 2.05) is 32.1 Å². The number of nitrogens with zero attached hydrogens (tertiary/aromatic N) is 2. The highest BCUT2D eigenvalue weighted by Crippen LogP contribution is 2.37. The number of hydrogen-bond donors (Lipinski definition) is 0. The molecule has 2 fully saturated rings. The third kappa shape index (κ3) is 5.45. The van der Waals surface area contributed by atoms with Gasteiger partial charge in [0.05, 0.1) is 28.3 Å². The van der Waals surface area contributed by atoms with Crippen LogP contribution in [0.1, 0.15) is 19.4 Å². The molecule has 0 unspecified atom stereocenters. The van der Waals surface area contributed by atoms with Gasteiger partial charge in [0.1, 0.15) is 4.32 Å². The molecular formula is C20H23IN2O5S2. The van der Waals surface area contributed by atoms with Crippen LogP contribution in [0.2, 0.25) is 0 Å². The zero-order valence-corrected chi connectivity index (χ0v) is 20.6. The largest absolute Gasteiger partial charge is 0.490 e. The van der Waals surface area contributed by atoms with Gasteiger partial charge in [0, 0.05) is 19.6 Å². The Labute approximate surface area is 199 Å². The van der Waals surface area contributed by atoms with Crippen LogP contribution in [0, 0.1) is 3.57 Å². The lowest BCUT2D eigenvalue weighted by Crippen LogP contribution is -2.43. The van der Waals surface area contributed by atoms with Gasteiger partial charge >= 0.3 is 0 Å². The van der Waals surface area contributed by atoms with Gasteiger partial charge in [-0.15, -0.1) is 0 Å². The summed E-state index contributed by atoms with van der Waals surface area (Å²) >= 11 is 8.72. The number of likely N-dealkylation sites (N-methyl/N-ethyl adjacent to an activating group) is 1. The highest BCUT2D eigenvalue weighted by Gasteiger charge is 2.30. The van der Waals surface area contributed by atoms with Crippen molar-refractivity contribution < 1.29 is 23.8 Å². The number of carbonyl (C=O) groups excluding carboxylic acids is 2. The minimum atomic E-state index is -0.0862. The third-order valence-electron chi connectivity index (χ3n) is 4.52. The maximum Gasteiger partial charge on any atom is 0.266 e. The Morgan fingerprint density at radius 1 is 1.30 bits per heavy atom. The van der Waals surface area contributed by atoms with Crippen molar-refractivity contribution in [2.24, 2.45) is 0 Å². The van der Waals surface area contributed by atoms with Crippen LogP contribution in [-0.4, -0.2) is 72.0 Å². The maximum atomic E-state index is 12.5. The molecule has 2 aliphatic heterocycles. The van der Waals surface area contributed by atoms with Gasteiger partial charge in [-0.25, -0.2) is 0 Å². The number of carbonyl (C=O) groups is 2. The molecule has 0 aliphatic carbocycles. The number of ether oxygens (including phenoxy) is 3. The molecule has 2 heterocycles. The summed E-state index contributed by atoms with van der Waals surface area (Å²) in [5.41, 5.74) is 0.811. The molecule has 1 aromatic carbocycles. The van der Waals surface area contributed by atoms with Gasteiger partial charge < -0.3 is 19.1 Å². The van der Waals surface area contributed by atoms with E-state index in [9.17, 15) is 9.59 Å². The average Bonchev–Trinajstić information content (AvgIpc) is 3.00. The Morgan fingerprint density at radius 3 is 2.67 bits per heavy atom. The summed E-state index contributed by atoms with van der Waals surface area (Å²) in [5, 5.41) is 0. The molecule has 162 valence electrons. The summed E-state index contributed by atoms with van der Waals surface area (Å²) in [5.74, 6) is 0.898. The first-order valence-electron chi connectivity index (χ1n) is 9.64. The minimum absolute atomic E-state index is 0.0649. The van der Waals surface area contributed by atoms with Crippen LogP contribution in [-0.2, 0) is 14.3 Å². The van der Waals surface area contributed by atoms with E-state index in [0.29, 0.717) is 60.2 Å². The lowest BCUT2D eigenvalue weighted by atomic mass is 10.2. The number of morpholine rings is 1. The number of thiocarbonyl (C=S) groups is 1. The van der Waals surface area contributed by atoms with Crippen molar-refractivity contribution in [3.05, 3.63) is 26.2 Å². The van der Waals surface area contributed by atoms with Crippen molar-refractivity contribution >= 4 is 68.8 Å². The van der Waals surface area contributed by atoms with E-state index in [4.69, 9.17) is 26.4 Å². The fraction of sp³-hybridized carbons (Fsp3) is 0.450. The molecule has 7 nitrogen and oxygen atoms in total. The van der Waals surface area contributed by atoms with Crippen LogP contribution in [0.4, 0.5) is 0 Å². The molecule has 0 atom stereocenters. The summed E-state index contributed by atoms with van der Waals surface area (Å²) < 4.78 is 18.2. The molecule has 0 saturated carbocycles. The quantitative estimate of drug-likeness (QED) is 0.288. The van der Waals surface area contributed by atoms with Gasteiger partial charge in [0.25, 0.3) is 11.8 Å². The van der Waals surface area contributed by atoms with Crippen LogP contribution >= 0.6 is 46.6 Å². The van der Waals surface area contributed by atoms with Gasteiger partial charge in [-0.1, -0.05) is 24.0 Å². The first-order valence-corrected chi connectivity index (χ1v) is 11.9. The highest BCUT2D eigenvalue weighted by molar-refractivity contribution is 14.1. The molecule has 0 spiro atoms. The zero-order chi connectivity index (χ0) is 21.7. The molecule has 0 bridgehead atoms. The SMILES string of the molecule is CCOc1cc(/C=C2\SC(=S)N(CC)C2=O)cc(I)c1OCC(=O)N1CCOCC1. The van der Waals surface area contributed by atoms with Crippen molar-refractivity contribution in [3.8, 4) is 11.5 Å². The summed E-state index contributed by atoms with van der Waals surface area (Å²) in [6, 6.07) is 3.72. The van der Waals surface area contributed by atoms with Crippen LogP contribution in [0.25, 0.3) is 6.08 Å². The van der Waals surface area contributed by atoms with E-state index in [1.54, 1.807) is 9.80 Å². The fourth-order valence-corrected chi connectivity index (χ4v) is 5.20. The van der Waals surface area contributed by atoms with Gasteiger partial charge in [-0.05, 0) is 60.2 Å². The monoisotopic (exact) mass is 562 g/mol. The molecule has 10 heteroatoms. The molecule has 2 aliphatic rings. The molecular weight excluding hydrogens is 539 g/mol. The smallest absolute Gasteiger partial charge is 0.266 e. The molecule has 0 aromatic heterocycles. The van der Waals surface area contributed by atoms with Crippen LogP contribution < -0.4 is 9.47 Å². The van der Waals surface area contributed by atoms with Crippen LogP contribution in [0.3, 0.4) is 0 Å². The summed E-state index contributed by atoms with van der Waals surface area (Å²) in [6.45, 7) is 6.96. The van der Waals surface area contributed by atoms with E-state index >= 15 is 0 Å². The predicted molar refractivity (Wildman–Crippen MR) is 129 cm³/mol. The van der Waals surface area contributed by atoms with Gasteiger partial charge in [-0.3, -0.25) is 14.5 Å².